The van der Waals surface area contributed by atoms with E-state index in [1.165, 1.54) is 0 Å². The monoisotopic (exact) mass is 448 g/mol. The molecule has 2 rings (SSSR count). The number of allylic oxidation sites excluding steroid dienone is 3. The molecule has 1 unspecified atom stereocenters. The maximum absolute atomic E-state index is 12.8. The number of esters is 1. The molecule has 7 heteroatoms. The van der Waals surface area contributed by atoms with Crippen LogP contribution in [0.4, 0.5) is 0 Å². The Kier molecular flexibility index (Phi) is 9.96. The van der Waals surface area contributed by atoms with E-state index in [0.29, 0.717) is 19.3 Å². The smallest absolute Gasteiger partial charge is 0.308 e. The number of aliphatic hydroxyl groups excluding tert-OH is 2. The molecule has 0 aliphatic heterocycles. The van der Waals surface area contributed by atoms with Crippen molar-refractivity contribution in [2.75, 3.05) is 0 Å². The van der Waals surface area contributed by atoms with Crippen molar-refractivity contribution in [3.8, 4) is 0 Å². The zero-order valence-electron chi connectivity index (χ0n) is 22.2. The number of carboxylic acids is 1. The number of hydrogen-bond donors (Lipinski definition) is 3. The van der Waals surface area contributed by atoms with Crippen molar-refractivity contribution in [2.45, 2.75) is 84.5 Å². The van der Waals surface area contributed by atoms with Gasteiger partial charge in [-0.2, -0.15) is 0 Å². The van der Waals surface area contributed by atoms with Crippen molar-refractivity contribution in [1.29, 1.82) is 0 Å². The molecule has 2 aliphatic rings. The number of aliphatic carboxylic acids is 1. The Bertz CT molecular complexity index is 753. The first-order chi connectivity index (χ1) is 15.3. The minimum Gasteiger partial charge on any atom is -0.481 e. The van der Waals surface area contributed by atoms with Crippen LogP contribution in [0.1, 0.15) is 70.3 Å². The summed E-state index contributed by atoms with van der Waals surface area (Å²) < 4.78 is 28.9. The molecule has 0 heterocycles. The summed E-state index contributed by atoms with van der Waals surface area (Å²) >= 11 is 0. The average Bonchev–Trinajstić information content (AvgIpc) is 2.65. The number of aliphatic hydroxyl groups is 2. The SMILES string of the molecule is [2H]C([2H])([2H])C(CC)C(=O)O[C@H]1C[C@@H](C)C=C2C=C[C@H](C)[C@H](CC[C@@H](O)C[C@@H](O)CC(=O)O)[C@H]21.[Na]. The van der Waals surface area contributed by atoms with Gasteiger partial charge in [0.2, 0.25) is 0 Å². The van der Waals surface area contributed by atoms with Crippen molar-refractivity contribution in [1.82, 2.24) is 0 Å². The molecule has 0 spiro atoms. The van der Waals surface area contributed by atoms with E-state index in [4.69, 9.17) is 14.0 Å². The van der Waals surface area contributed by atoms with Crippen molar-refractivity contribution in [2.24, 2.45) is 29.6 Å². The van der Waals surface area contributed by atoms with Gasteiger partial charge in [0, 0.05) is 39.6 Å². The van der Waals surface area contributed by atoms with Gasteiger partial charge >= 0.3 is 11.9 Å². The van der Waals surface area contributed by atoms with E-state index >= 15 is 0 Å². The molecule has 0 aromatic heterocycles. The van der Waals surface area contributed by atoms with Crippen LogP contribution < -0.4 is 0 Å². The van der Waals surface area contributed by atoms with Gasteiger partial charge in [0.15, 0.2) is 0 Å². The molecular weight excluding hydrogens is 407 g/mol. The molecule has 3 N–H and O–H groups in total. The van der Waals surface area contributed by atoms with Gasteiger partial charge in [-0.3, -0.25) is 9.59 Å². The van der Waals surface area contributed by atoms with E-state index in [1.807, 2.05) is 6.92 Å². The predicted octanol–water partition coefficient (Wildman–Crippen LogP) is 3.33. The summed E-state index contributed by atoms with van der Waals surface area (Å²) in [4.78, 5) is 23.5. The quantitative estimate of drug-likeness (QED) is 0.350. The number of rotatable bonds is 10. The maximum atomic E-state index is 12.8. The number of carbonyl (C=O) groups excluding carboxylic acids is 1. The Morgan fingerprint density at radius 1 is 1.29 bits per heavy atom. The Labute approximate surface area is 212 Å². The first kappa shape index (κ1) is 23.5. The van der Waals surface area contributed by atoms with Crippen molar-refractivity contribution < 1.29 is 33.8 Å². The van der Waals surface area contributed by atoms with Gasteiger partial charge in [0.1, 0.15) is 6.10 Å². The van der Waals surface area contributed by atoms with E-state index < -0.39 is 49.4 Å². The molecule has 2 aliphatic carbocycles. The van der Waals surface area contributed by atoms with Crippen molar-refractivity contribution >= 4 is 41.5 Å². The van der Waals surface area contributed by atoms with E-state index in [0.717, 1.165) is 5.57 Å². The third-order valence-corrected chi connectivity index (χ3v) is 6.34. The number of carboxylic acid groups (broad SMARTS) is 1. The summed E-state index contributed by atoms with van der Waals surface area (Å²) in [5, 5.41) is 29.0. The third kappa shape index (κ3) is 8.32. The van der Waals surface area contributed by atoms with Crippen LogP contribution in [0.5, 0.6) is 0 Å². The van der Waals surface area contributed by atoms with E-state index in [2.05, 4.69) is 25.2 Å². The topological polar surface area (TPSA) is 104 Å². The van der Waals surface area contributed by atoms with Crippen LogP contribution in [0, 0.1) is 29.6 Å². The summed E-state index contributed by atoms with van der Waals surface area (Å²) in [5.41, 5.74) is 1.07. The summed E-state index contributed by atoms with van der Waals surface area (Å²) in [6, 6.07) is 0. The van der Waals surface area contributed by atoms with Gasteiger partial charge in [-0.05, 0) is 55.4 Å². The number of hydrogen-bond acceptors (Lipinski definition) is 5. The summed E-state index contributed by atoms with van der Waals surface area (Å²) in [6.07, 6.45) is 5.28. The molecule has 0 aromatic carbocycles. The molecule has 0 saturated carbocycles. The van der Waals surface area contributed by atoms with E-state index in [9.17, 15) is 19.8 Å². The van der Waals surface area contributed by atoms with Crippen LogP contribution in [0.2, 0.25) is 0 Å². The molecule has 1 radical (unpaired) electrons. The average molecular weight is 449 g/mol. The van der Waals surface area contributed by atoms with E-state index in [1.54, 1.807) is 6.92 Å². The number of ether oxygens (including phenoxy) is 1. The van der Waals surface area contributed by atoms with Crippen LogP contribution in [-0.2, 0) is 14.3 Å². The fourth-order valence-electron chi connectivity index (χ4n) is 4.72. The Balaban J connectivity index is 0.00000578. The van der Waals surface area contributed by atoms with Crippen LogP contribution in [0.15, 0.2) is 23.8 Å². The molecule has 8 atom stereocenters. The predicted molar refractivity (Wildman–Crippen MR) is 120 cm³/mol. The van der Waals surface area contributed by atoms with Crippen molar-refractivity contribution in [3.63, 3.8) is 0 Å². The second-order valence-electron chi connectivity index (χ2n) is 8.94. The van der Waals surface area contributed by atoms with Gasteiger partial charge in [0.25, 0.3) is 0 Å². The van der Waals surface area contributed by atoms with Gasteiger partial charge in [-0.15, -0.1) is 0 Å². The van der Waals surface area contributed by atoms with Crippen LogP contribution in [0.3, 0.4) is 0 Å². The van der Waals surface area contributed by atoms with Gasteiger partial charge in [-0.1, -0.05) is 45.9 Å². The summed E-state index contributed by atoms with van der Waals surface area (Å²) in [5.74, 6) is -2.66. The first-order valence-electron chi connectivity index (χ1n) is 12.5. The van der Waals surface area contributed by atoms with Crippen LogP contribution >= 0.6 is 0 Å². The summed E-state index contributed by atoms with van der Waals surface area (Å²) in [7, 11) is 0. The Morgan fingerprint density at radius 2 is 2.00 bits per heavy atom. The molecule has 0 aromatic rings. The molecule has 0 fully saturated rings. The Morgan fingerprint density at radius 3 is 2.61 bits per heavy atom. The molecule has 0 amide bonds. The Hall–Kier alpha value is -0.660. The molecule has 31 heavy (non-hydrogen) atoms. The van der Waals surface area contributed by atoms with Crippen LogP contribution in [-0.4, -0.2) is 75.1 Å². The van der Waals surface area contributed by atoms with Crippen molar-refractivity contribution in [3.05, 3.63) is 23.8 Å². The number of carbonyl (C=O) groups is 2. The van der Waals surface area contributed by atoms with Gasteiger partial charge < -0.3 is 20.1 Å². The molecule has 0 saturated heterocycles. The normalized spacial score (nSPS) is 32.1. The zero-order valence-corrected chi connectivity index (χ0v) is 21.2. The first-order valence-corrected chi connectivity index (χ1v) is 11.0. The minimum absolute atomic E-state index is 0. The second kappa shape index (κ2) is 13.1. The minimum atomic E-state index is -2.41. The van der Waals surface area contributed by atoms with Gasteiger partial charge in [0.05, 0.1) is 24.5 Å². The van der Waals surface area contributed by atoms with Gasteiger partial charge in [-0.25, -0.2) is 0 Å². The standard InChI is InChI=1S/C24H38O6.Na/c1-5-15(3)24(29)30-21-11-14(2)10-17-7-6-16(4)20(23(17)21)9-8-18(25)12-19(26)13-22(27)28;/h6-7,10,14-16,18-21,23,25-26H,5,8-9,11-13H2,1-4H3,(H,27,28);/t14-,15?,16-,18+,19+,20-,21-,23-;/m0./s1/i3D3;. The zero-order chi connectivity index (χ0) is 24.9. The fraction of sp³-hybridized carbons (Fsp3) is 0.750. The molecule has 6 nitrogen and oxygen atoms in total. The largest absolute Gasteiger partial charge is 0.481 e. The molecular formula is C24H38NaO6. The fourth-order valence-corrected chi connectivity index (χ4v) is 4.72. The summed E-state index contributed by atoms with van der Waals surface area (Å²) in [6.45, 7) is 3.36. The number of fused-ring (bicyclic) bond motifs is 1. The maximum Gasteiger partial charge on any atom is 0.308 e. The van der Waals surface area contributed by atoms with E-state index in [-0.39, 0.29) is 66.1 Å². The van der Waals surface area contributed by atoms with Crippen LogP contribution in [0.25, 0.3) is 0 Å². The molecule has 171 valence electrons. The molecule has 0 bridgehead atoms. The third-order valence-electron chi connectivity index (χ3n) is 6.34. The second-order valence-corrected chi connectivity index (χ2v) is 8.94.